The van der Waals surface area contributed by atoms with Crippen LogP contribution in [0.3, 0.4) is 0 Å². The lowest BCUT2D eigenvalue weighted by molar-refractivity contribution is -0.138. The number of carboxylic acid groups (broad SMARTS) is 1. The van der Waals surface area contributed by atoms with Gasteiger partial charge in [-0.3, -0.25) is 4.79 Å². The lowest BCUT2D eigenvalue weighted by Crippen LogP contribution is -2.22. The molecule has 3 N–H and O–H groups in total. The zero-order valence-corrected chi connectivity index (χ0v) is 10.7. The Balaban J connectivity index is 3.45. The summed E-state index contributed by atoms with van der Waals surface area (Å²) in [6, 6.07) is 2.59. The highest BCUT2D eigenvalue weighted by Crippen LogP contribution is 2.35. The third-order valence-corrected chi connectivity index (χ3v) is 2.81. The summed E-state index contributed by atoms with van der Waals surface area (Å²) < 4.78 is 5.36. The SMILES string of the molecule is COc1c(C)ccc(C(N)C(=O)O)c1C(C)C. The smallest absolute Gasteiger partial charge is 0.325 e. The zero-order chi connectivity index (χ0) is 13.2. The minimum Gasteiger partial charge on any atom is -0.496 e. The van der Waals surface area contributed by atoms with Crippen molar-refractivity contribution in [3.8, 4) is 5.75 Å². The van der Waals surface area contributed by atoms with E-state index in [-0.39, 0.29) is 5.92 Å². The van der Waals surface area contributed by atoms with E-state index < -0.39 is 12.0 Å². The second-order valence-electron chi connectivity index (χ2n) is 4.39. The van der Waals surface area contributed by atoms with Crippen LogP contribution in [0.5, 0.6) is 5.75 Å². The van der Waals surface area contributed by atoms with E-state index in [2.05, 4.69) is 0 Å². The Bertz CT molecular complexity index is 427. The van der Waals surface area contributed by atoms with Crippen molar-refractivity contribution >= 4 is 5.97 Å². The molecule has 1 unspecified atom stereocenters. The van der Waals surface area contributed by atoms with Gasteiger partial charge in [-0.05, 0) is 24.0 Å². The highest BCUT2D eigenvalue weighted by molar-refractivity contribution is 5.76. The van der Waals surface area contributed by atoms with Gasteiger partial charge >= 0.3 is 5.97 Å². The molecule has 0 aliphatic carbocycles. The topological polar surface area (TPSA) is 72.5 Å². The third kappa shape index (κ3) is 2.58. The summed E-state index contributed by atoms with van der Waals surface area (Å²) in [6.07, 6.45) is 0. The van der Waals surface area contributed by atoms with Crippen LogP contribution >= 0.6 is 0 Å². The van der Waals surface area contributed by atoms with Gasteiger partial charge in [-0.25, -0.2) is 0 Å². The molecule has 17 heavy (non-hydrogen) atoms. The number of aliphatic carboxylic acids is 1. The van der Waals surface area contributed by atoms with Gasteiger partial charge in [-0.1, -0.05) is 26.0 Å². The van der Waals surface area contributed by atoms with Gasteiger partial charge in [0.15, 0.2) is 0 Å². The maximum Gasteiger partial charge on any atom is 0.325 e. The maximum atomic E-state index is 11.0. The van der Waals surface area contributed by atoms with Crippen LogP contribution in [0.2, 0.25) is 0 Å². The minimum absolute atomic E-state index is 0.158. The predicted octanol–water partition coefficient (Wildman–Crippen LogP) is 2.21. The molecule has 0 bridgehead atoms. The van der Waals surface area contributed by atoms with E-state index in [4.69, 9.17) is 15.6 Å². The number of carboxylic acids is 1. The Hall–Kier alpha value is -1.55. The first-order valence-corrected chi connectivity index (χ1v) is 5.55. The Kier molecular flexibility index (Phi) is 4.12. The summed E-state index contributed by atoms with van der Waals surface area (Å²) >= 11 is 0. The third-order valence-electron chi connectivity index (χ3n) is 2.81. The monoisotopic (exact) mass is 237 g/mol. The van der Waals surface area contributed by atoms with Crippen molar-refractivity contribution in [3.05, 3.63) is 28.8 Å². The molecule has 1 atom stereocenters. The fourth-order valence-electron chi connectivity index (χ4n) is 1.99. The molecular weight excluding hydrogens is 218 g/mol. The predicted molar refractivity (Wildman–Crippen MR) is 66.4 cm³/mol. The van der Waals surface area contributed by atoms with Crippen LogP contribution in [-0.4, -0.2) is 18.2 Å². The lowest BCUT2D eigenvalue weighted by Gasteiger charge is -2.20. The molecule has 0 saturated carbocycles. The summed E-state index contributed by atoms with van der Waals surface area (Å²) in [6.45, 7) is 5.92. The van der Waals surface area contributed by atoms with Crippen molar-refractivity contribution in [2.24, 2.45) is 5.73 Å². The molecule has 0 aliphatic heterocycles. The Morgan fingerprint density at radius 3 is 2.41 bits per heavy atom. The quantitative estimate of drug-likeness (QED) is 0.842. The van der Waals surface area contributed by atoms with Crippen LogP contribution in [0, 0.1) is 6.92 Å². The first-order valence-electron chi connectivity index (χ1n) is 5.55. The van der Waals surface area contributed by atoms with E-state index in [1.165, 1.54) is 0 Å². The van der Waals surface area contributed by atoms with Crippen LogP contribution in [0.4, 0.5) is 0 Å². The average molecular weight is 237 g/mol. The number of carbonyl (C=O) groups is 1. The molecule has 0 aromatic heterocycles. The minimum atomic E-state index is -1.03. The highest BCUT2D eigenvalue weighted by Gasteiger charge is 2.23. The number of hydrogen-bond acceptors (Lipinski definition) is 3. The van der Waals surface area contributed by atoms with Gasteiger partial charge in [0, 0.05) is 5.56 Å². The number of ether oxygens (including phenoxy) is 1. The molecule has 4 heteroatoms. The van der Waals surface area contributed by atoms with Crippen molar-refractivity contribution in [1.82, 2.24) is 0 Å². The fourth-order valence-corrected chi connectivity index (χ4v) is 1.99. The lowest BCUT2D eigenvalue weighted by atomic mass is 9.90. The van der Waals surface area contributed by atoms with Crippen molar-refractivity contribution in [3.63, 3.8) is 0 Å². The van der Waals surface area contributed by atoms with Crippen molar-refractivity contribution < 1.29 is 14.6 Å². The van der Waals surface area contributed by atoms with Crippen LogP contribution in [0.15, 0.2) is 12.1 Å². The summed E-state index contributed by atoms with van der Waals surface area (Å²) in [5.74, 6) is -0.141. The number of aryl methyl sites for hydroxylation is 1. The molecule has 0 aliphatic rings. The summed E-state index contributed by atoms with van der Waals surface area (Å²) in [5.41, 5.74) is 8.18. The molecule has 1 aromatic rings. The molecule has 0 fully saturated rings. The van der Waals surface area contributed by atoms with E-state index in [9.17, 15) is 4.79 Å². The summed E-state index contributed by atoms with van der Waals surface area (Å²) in [5, 5.41) is 9.01. The Morgan fingerprint density at radius 1 is 1.41 bits per heavy atom. The molecule has 0 amide bonds. The number of nitrogens with two attached hydrogens (primary N) is 1. The summed E-state index contributed by atoms with van der Waals surface area (Å²) in [4.78, 5) is 11.0. The molecule has 4 nitrogen and oxygen atoms in total. The van der Waals surface area contributed by atoms with Crippen LogP contribution < -0.4 is 10.5 Å². The molecule has 94 valence electrons. The van der Waals surface area contributed by atoms with Crippen LogP contribution in [0.1, 0.15) is 42.5 Å². The zero-order valence-electron chi connectivity index (χ0n) is 10.7. The molecule has 1 rings (SSSR count). The van der Waals surface area contributed by atoms with Gasteiger partial charge < -0.3 is 15.6 Å². The highest BCUT2D eigenvalue weighted by atomic mass is 16.5. The first kappa shape index (κ1) is 13.5. The van der Waals surface area contributed by atoms with E-state index in [1.807, 2.05) is 26.8 Å². The summed E-state index contributed by atoms with van der Waals surface area (Å²) in [7, 11) is 1.59. The van der Waals surface area contributed by atoms with E-state index in [1.54, 1.807) is 13.2 Å². The molecule has 0 heterocycles. The van der Waals surface area contributed by atoms with Crippen molar-refractivity contribution in [2.45, 2.75) is 32.7 Å². The number of rotatable bonds is 4. The largest absolute Gasteiger partial charge is 0.496 e. The van der Waals surface area contributed by atoms with Crippen LogP contribution in [0.25, 0.3) is 0 Å². The number of hydrogen-bond donors (Lipinski definition) is 2. The number of methoxy groups -OCH3 is 1. The van der Waals surface area contributed by atoms with Crippen LogP contribution in [-0.2, 0) is 4.79 Å². The number of benzene rings is 1. The second kappa shape index (κ2) is 5.19. The standard InChI is InChI=1S/C13H19NO3/c1-7(2)10-9(11(14)13(15)16)6-5-8(3)12(10)17-4/h5-7,11H,14H2,1-4H3,(H,15,16). The maximum absolute atomic E-state index is 11.0. The second-order valence-corrected chi connectivity index (χ2v) is 4.39. The molecular formula is C13H19NO3. The van der Waals surface area contributed by atoms with E-state index >= 15 is 0 Å². The van der Waals surface area contributed by atoms with Gasteiger partial charge in [0.1, 0.15) is 11.8 Å². The van der Waals surface area contributed by atoms with Crippen molar-refractivity contribution in [2.75, 3.05) is 7.11 Å². The average Bonchev–Trinajstić information content (AvgIpc) is 2.27. The van der Waals surface area contributed by atoms with Gasteiger partial charge in [0.05, 0.1) is 7.11 Å². The van der Waals surface area contributed by atoms with Gasteiger partial charge in [0.25, 0.3) is 0 Å². The van der Waals surface area contributed by atoms with Gasteiger partial charge in [-0.2, -0.15) is 0 Å². The Labute approximate surface area is 101 Å². The molecule has 0 spiro atoms. The van der Waals surface area contributed by atoms with Crippen molar-refractivity contribution in [1.29, 1.82) is 0 Å². The van der Waals surface area contributed by atoms with E-state index in [0.29, 0.717) is 5.56 Å². The Morgan fingerprint density at radius 2 is 2.00 bits per heavy atom. The van der Waals surface area contributed by atoms with Gasteiger partial charge in [0.2, 0.25) is 0 Å². The van der Waals surface area contributed by atoms with Gasteiger partial charge in [-0.15, -0.1) is 0 Å². The molecule has 0 radical (unpaired) electrons. The molecule has 1 aromatic carbocycles. The fraction of sp³-hybridized carbons (Fsp3) is 0.462. The normalized spacial score (nSPS) is 12.6. The molecule has 0 saturated heterocycles. The van der Waals surface area contributed by atoms with E-state index in [0.717, 1.165) is 16.9 Å². The first-order chi connectivity index (χ1) is 7.90.